The zero-order valence-corrected chi connectivity index (χ0v) is 11.9. The molecule has 0 radical (unpaired) electrons. The lowest BCUT2D eigenvalue weighted by atomic mass is 9.83. The van der Waals surface area contributed by atoms with Gasteiger partial charge in [-0.3, -0.25) is 0 Å². The lowest BCUT2D eigenvalue weighted by molar-refractivity contribution is -0.141. The SMILES string of the molecule is CC1CCC(CNC(=O)N2C[C@H](O)C[C@H]2C(=O)O)CC1. The van der Waals surface area contributed by atoms with Gasteiger partial charge in [0, 0.05) is 19.5 Å². The topological polar surface area (TPSA) is 89.9 Å². The van der Waals surface area contributed by atoms with Crippen LogP contribution in [0.5, 0.6) is 0 Å². The van der Waals surface area contributed by atoms with E-state index in [1.165, 1.54) is 17.7 Å². The van der Waals surface area contributed by atoms with E-state index < -0.39 is 18.1 Å². The summed E-state index contributed by atoms with van der Waals surface area (Å²) >= 11 is 0. The highest BCUT2D eigenvalue weighted by Gasteiger charge is 2.39. The van der Waals surface area contributed by atoms with Gasteiger partial charge < -0.3 is 20.4 Å². The van der Waals surface area contributed by atoms with Gasteiger partial charge in [-0.05, 0) is 24.7 Å². The van der Waals surface area contributed by atoms with Crippen molar-refractivity contribution in [3.8, 4) is 0 Å². The minimum absolute atomic E-state index is 0.102. The number of carboxylic acids is 1. The quantitative estimate of drug-likeness (QED) is 0.722. The molecule has 114 valence electrons. The van der Waals surface area contributed by atoms with Gasteiger partial charge in [0.15, 0.2) is 0 Å². The van der Waals surface area contributed by atoms with E-state index in [1.807, 2.05) is 0 Å². The van der Waals surface area contributed by atoms with E-state index in [0.29, 0.717) is 12.5 Å². The van der Waals surface area contributed by atoms with Gasteiger partial charge in [0.05, 0.1) is 6.10 Å². The molecular weight excluding hydrogens is 260 g/mol. The maximum Gasteiger partial charge on any atom is 0.326 e. The molecule has 6 nitrogen and oxygen atoms in total. The van der Waals surface area contributed by atoms with Crippen molar-refractivity contribution in [2.75, 3.05) is 13.1 Å². The Labute approximate surface area is 119 Å². The Morgan fingerprint density at radius 2 is 1.90 bits per heavy atom. The number of β-amino-alcohol motifs (C(OH)–C–C–N with tert-alkyl or cyclic N) is 1. The number of amides is 2. The average Bonchev–Trinajstić information content (AvgIpc) is 2.80. The summed E-state index contributed by atoms with van der Waals surface area (Å²) in [5.74, 6) is 0.209. The fourth-order valence-corrected chi connectivity index (χ4v) is 3.14. The Kier molecular flexibility index (Phi) is 4.86. The summed E-state index contributed by atoms with van der Waals surface area (Å²) in [6, 6.07) is -1.27. The van der Waals surface area contributed by atoms with Crippen molar-refractivity contribution in [3.05, 3.63) is 0 Å². The van der Waals surface area contributed by atoms with Gasteiger partial charge in [-0.25, -0.2) is 9.59 Å². The Morgan fingerprint density at radius 1 is 1.25 bits per heavy atom. The predicted octanol–water partition coefficient (Wildman–Crippen LogP) is 1.04. The van der Waals surface area contributed by atoms with Crippen LogP contribution in [0.25, 0.3) is 0 Å². The summed E-state index contributed by atoms with van der Waals surface area (Å²) < 4.78 is 0. The van der Waals surface area contributed by atoms with Crippen molar-refractivity contribution in [1.29, 1.82) is 0 Å². The van der Waals surface area contributed by atoms with Gasteiger partial charge in [-0.1, -0.05) is 19.8 Å². The number of aliphatic carboxylic acids is 1. The van der Waals surface area contributed by atoms with Crippen LogP contribution >= 0.6 is 0 Å². The van der Waals surface area contributed by atoms with Gasteiger partial charge >= 0.3 is 12.0 Å². The van der Waals surface area contributed by atoms with E-state index in [1.54, 1.807) is 0 Å². The number of likely N-dealkylation sites (tertiary alicyclic amines) is 1. The highest BCUT2D eigenvalue weighted by Crippen LogP contribution is 2.27. The van der Waals surface area contributed by atoms with Gasteiger partial charge in [-0.15, -0.1) is 0 Å². The van der Waals surface area contributed by atoms with Crippen LogP contribution in [0, 0.1) is 11.8 Å². The number of aliphatic hydroxyl groups is 1. The molecule has 0 aromatic heterocycles. The Bertz CT molecular complexity index is 366. The van der Waals surface area contributed by atoms with E-state index in [4.69, 9.17) is 5.11 Å². The molecule has 1 heterocycles. The highest BCUT2D eigenvalue weighted by atomic mass is 16.4. The molecule has 0 aromatic rings. The van der Waals surface area contributed by atoms with E-state index >= 15 is 0 Å². The molecule has 2 atom stereocenters. The second-order valence-corrected chi connectivity index (χ2v) is 6.21. The van der Waals surface area contributed by atoms with Crippen LogP contribution < -0.4 is 5.32 Å². The zero-order valence-electron chi connectivity index (χ0n) is 11.9. The van der Waals surface area contributed by atoms with Crippen molar-refractivity contribution >= 4 is 12.0 Å². The van der Waals surface area contributed by atoms with Crippen LogP contribution in [0.1, 0.15) is 39.0 Å². The minimum Gasteiger partial charge on any atom is -0.480 e. The number of carboxylic acid groups (broad SMARTS) is 1. The van der Waals surface area contributed by atoms with Crippen LogP contribution in [0.4, 0.5) is 4.79 Å². The molecule has 0 bridgehead atoms. The molecule has 1 saturated heterocycles. The summed E-state index contributed by atoms with van der Waals surface area (Å²) in [5.41, 5.74) is 0. The normalized spacial score (nSPS) is 34.0. The third-order valence-corrected chi connectivity index (χ3v) is 4.50. The first-order valence-corrected chi connectivity index (χ1v) is 7.42. The Morgan fingerprint density at radius 3 is 2.50 bits per heavy atom. The largest absolute Gasteiger partial charge is 0.480 e. The van der Waals surface area contributed by atoms with Gasteiger partial charge in [0.25, 0.3) is 0 Å². The van der Waals surface area contributed by atoms with Gasteiger partial charge in [0.2, 0.25) is 0 Å². The van der Waals surface area contributed by atoms with Gasteiger partial charge in [-0.2, -0.15) is 0 Å². The Balaban J connectivity index is 1.80. The number of carbonyl (C=O) groups excluding carboxylic acids is 1. The maximum absolute atomic E-state index is 12.1. The van der Waals surface area contributed by atoms with Crippen LogP contribution in [-0.4, -0.2) is 52.3 Å². The second kappa shape index (κ2) is 6.43. The molecule has 1 aliphatic heterocycles. The van der Waals surface area contributed by atoms with Crippen LogP contribution in [0.15, 0.2) is 0 Å². The summed E-state index contributed by atoms with van der Waals surface area (Å²) in [4.78, 5) is 24.4. The molecule has 0 spiro atoms. The molecule has 2 fully saturated rings. The molecule has 2 rings (SSSR count). The molecule has 0 aromatic carbocycles. The van der Waals surface area contributed by atoms with Crippen molar-refractivity contribution in [2.24, 2.45) is 11.8 Å². The summed E-state index contributed by atoms with van der Waals surface area (Å²) in [6.45, 7) is 2.95. The first kappa shape index (κ1) is 15.1. The number of rotatable bonds is 3. The average molecular weight is 284 g/mol. The third kappa shape index (κ3) is 3.62. The smallest absolute Gasteiger partial charge is 0.326 e. The first-order chi connectivity index (χ1) is 9.47. The molecule has 2 amide bonds. The lowest BCUT2D eigenvalue weighted by Crippen LogP contribution is -2.47. The summed E-state index contributed by atoms with van der Waals surface area (Å²) in [7, 11) is 0. The van der Waals surface area contributed by atoms with Crippen molar-refractivity contribution in [1.82, 2.24) is 10.2 Å². The number of hydrogen-bond acceptors (Lipinski definition) is 3. The highest BCUT2D eigenvalue weighted by molar-refractivity contribution is 5.83. The molecule has 1 saturated carbocycles. The van der Waals surface area contributed by atoms with E-state index in [0.717, 1.165) is 18.8 Å². The monoisotopic (exact) mass is 284 g/mol. The molecule has 0 unspecified atom stereocenters. The molecule has 6 heteroatoms. The van der Waals surface area contributed by atoms with Gasteiger partial charge in [0.1, 0.15) is 6.04 Å². The molecule has 20 heavy (non-hydrogen) atoms. The number of hydrogen-bond donors (Lipinski definition) is 3. The van der Waals surface area contributed by atoms with E-state index in [2.05, 4.69) is 12.2 Å². The van der Waals surface area contributed by atoms with E-state index in [9.17, 15) is 14.7 Å². The van der Waals surface area contributed by atoms with Crippen molar-refractivity contribution in [3.63, 3.8) is 0 Å². The minimum atomic E-state index is -1.05. The second-order valence-electron chi connectivity index (χ2n) is 6.21. The van der Waals surface area contributed by atoms with Crippen molar-refractivity contribution in [2.45, 2.75) is 51.2 Å². The summed E-state index contributed by atoms with van der Waals surface area (Å²) in [6.07, 6.45) is 4.00. The third-order valence-electron chi connectivity index (χ3n) is 4.50. The number of urea groups is 1. The lowest BCUT2D eigenvalue weighted by Gasteiger charge is -2.28. The number of nitrogens with one attached hydrogen (secondary N) is 1. The fourth-order valence-electron chi connectivity index (χ4n) is 3.14. The molecule has 1 aliphatic carbocycles. The fraction of sp³-hybridized carbons (Fsp3) is 0.857. The number of carbonyl (C=O) groups is 2. The predicted molar refractivity (Wildman–Crippen MR) is 73.3 cm³/mol. The number of aliphatic hydroxyl groups excluding tert-OH is 1. The van der Waals surface area contributed by atoms with Crippen molar-refractivity contribution < 1.29 is 19.8 Å². The maximum atomic E-state index is 12.1. The number of nitrogens with zero attached hydrogens (tertiary/aromatic N) is 1. The van der Waals surface area contributed by atoms with Crippen LogP contribution in [-0.2, 0) is 4.79 Å². The van der Waals surface area contributed by atoms with E-state index in [-0.39, 0.29) is 19.0 Å². The molecular formula is C14H24N2O4. The molecule has 3 N–H and O–H groups in total. The van der Waals surface area contributed by atoms with Crippen LogP contribution in [0.3, 0.4) is 0 Å². The summed E-state index contributed by atoms with van der Waals surface area (Å²) in [5, 5.41) is 21.4. The zero-order chi connectivity index (χ0) is 14.7. The standard InChI is InChI=1S/C14H24N2O4/c1-9-2-4-10(5-3-9)7-15-14(20)16-8-11(17)6-12(16)13(18)19/h9-12,17H,2-8H2,1H3,(H,15,20)(H,18,19)/t9?,10?,11-,12+/m1/s1. The molecule has 2 aliphatic rings. The van der Waals surface area contributed by atoms with Crippen LogP contribution in [0.2, 0.25) is 0 Å². The Hall–Kier alpha value is -1.30. The first-order valence-electron chi connectivity index (χ1n) is 7.42.